The summed E-state index contributed by atoms with van der Waals surface area (Å²) in [6.07, 6.45) is 2.56. The van der Waals surface area contributed by atoms with Gasteiger partial charge in [0.2, 0.25) is 5.82 Å². The molecule has 0 spiro atoms. The van der Waals surface area contributed by atoms with E-state index in [4.69, 9.17) is 9.47 Å². The van der Waals surface area contributed by atoms with Gasteiger partial charge in [0.05, 0.1) is 12.3 Å². The van der Waals surface area contributed by atoms with E-state index >= 15 is 0 Å². The fraction of sp³-hybridized carbons (Fsp3) is 0.333. The van der Waals surface area contributed by atoms with Crippen molar-refractivity contribution in [3.8, 4) is 11.5 Å². The van der Waals surface area contributed by atoms with Gasteiger partial charge in [0.25, 0.3) is 11.7 Å². The number of fused-ring (bicyclic) bond motifs is 2. The number of carbonyl (C=O) groups excluding carboxylic acids is 1. The van der Waals surface area contributed by atoms with E-state index in [2.05, 4.69) is 20.4 Å². The molecule has 0 unspecified atom stereocenters. The summed E-state index contributed by atoms with van der Waals surface area (Å²) < 4.78 is 13.0. The van der Waals surface area contributed by atoms with Gasteiger partial charge in [-0.25, -0.2) is 9.50 Å². The minimum Gasteiger partial charge on any atom is -0.492 e. The van der Waals surface area contributed by atoms with Gasteiger partial charge in [0.1, 0.15) is 17.6 Å². The van der Waals surface area contributed by atoms with E-state index in [1.54, 1.807) is 18.3 Å². The molecular weight excluding hydrogens is 334 g/mol. The Labute approximate surface area is 150 Å². The quantitative estimate of drug-likeness (QED) is 0.774. The van der Waals surface area contributed by atoms with Gasteiger partial charge in [-0.2, -0.15) is 4.98 Å². The third kappa shape index (κ3) is 2.83. The molecule has 1 amide bonds. The zero-order valence-electron chi connectivity index (χ0n) is 14.8. The number of amides is 1. The molecule has 1 aromatic carbocycles. The Kier molecular flexibility index (Phi) is 3.95. The Morgan fingerprint density at radius 2 is 2.31 bits per heavy atom. The second-order valence-corrected chi connectivity index (χ2v) is 6.21. The molecule has 0 saturated carbocycles. The maximum absolute atomic E-state index is 12.6. The number of benzene rings is 1. The van der Waals surface area contributed by atoms with Crippen molar-refractivity contribution >= 4 is 17.4 Å². The summed E-state index contributed by atoms with van der Waals surface area (Å²) in [5, 5.41) is 7.05. The van der Waals surface area contributed by atoms with Crippen LogP contribution in [0.5, 0.6) is 11.5 Å². The fourth-order valence-electron chi connectivity index (χ4n) is 2.99. The molecule has 26 heavy (non-hydrogen) atoms. The van der Waals surface area contributed by atoms with E-state index in [9.17, 15) is 4.79 Å². The molecule has 1 aliphatic heterocycles. The average Bonchev–Trinajstić information content (AvgIpc) is 3.18. The molecule has 3 heterocycles. The van der Waals surface area contributed by atoms with Gasteiger partial charge in [-0.3, -0.25) is 4.79 Å². The van der Waals surface area contributed by atoms with E-state index < -0.39 is 5.91 Å². The first-order chi connectivity index (χ1) is 12.5. The van der Waals surface area contributed by atoms with Gasteiger partial charge in [0, 0.05) is 29.9 Å². The van der Waals surface area contributed by atoms with Crippen molar-refractivity contribution in [1.82, 2.24) is 19.6 Å². The van der Waals surface area contributed by atoms with Gasteiger partial charge >= 0.3 is 0 Å². The molecule has 8 nitrogen and oxygen atoms in total. The Bertz CT molecular complexity index is 998. The Balaban J connectivity index is 1.66. The van der Waals surface area contributed by atoms with Crippen LogP contribution in [0.3, 0.4) is 0 Å². The highest BCUT2D eigenvalue weighted by molar-refractivity contribution is 6.02. The lowest BCUT2D eigenvalue weighted by Crippen LogP contribution is -2.15. The zero-order valence-corrected chi connectivity index (χ0v) is 14.8. The number of hydrogen-bond donors (Lipinski definition) is 1. The minimum absolute atomic E-state index is 0.0454. The SMILES string of the molecule is CCOc1cc2c(cc1NC(=O)c1nc3nccc(C)n3n1)O[C@H](C)C2. The van der Waals surface area contributed by atoms with Crippen molar-refractivity contribution in [3.05, 3.63) is 41.5 Å². The highest BCUT2D eigenvalue weighted by Gasteiger charge is 2.23. The van der Waals surface area contributed by atoms with Crippen LogP contribution in [0.2, 0.25) is 0 Å². The van der Waals surface area contributed by atoms with Crippen LogP contribution in [-0.2, 0) is 6.42 Å². The van der Waals surface area contributed by atoms with Crippen molar-refractivity contribution in [2.45, 2.75) is 33.3 Å². The van der Waals surface area contributed by atoms with E-state index in [1.807, 2.05) is 26.8 Å². The van der Waals surface area contributed by atoms with Crippen molar-refractivity contribution in [2.75, 3.05) is 11.9 Å². The van der Waals surface area contributed by atoms with E-state index in [-0.39, 0.29) is 11.9 Å². The molecule has 0 radical (unpaired) electrons. The number of hydrogen-bond acceptors (Lipinski definition) is 6. The Morgan fingerprint density at radius 1 is 1.46 bits per heavy atom. The second kappa shape index (κ2) is 6.29. The first-order valence-electron chi connectivity index (χ1n) is 8.51. The van der Waals surface area contributed by atoms with Crippen LogP contribution >= 0.6 is 0 Å². The predicted molar refractivity (Wildman–Crippen MR) is 94.9 cm³/mol. The molecular formula is C18H19N5O3. The van der Waals surface area contributed by atoms with Crippen molar-refractivity contribution in [3.63, 3.8) is 0 Å². The molecule has 0 aliphatic carbocycles. The van der Waals surface area contributed by atoms with Gasteiger partial charge in [-0.15, -0.1) is 5.10 Å². The summed E-state index contributed by atoms with van der Waals surface area (Å²) in [6.45, 7) is 6.27. The molecule has 0 saturated heterocycles. The zero-order chi connectivity index (χ0) is 18.3. The lowest BCUT2D eigenvalue weighted by atomic mass is 10.1. The van der Waals surface area contributed by atoms with Gasteiger partial charge < -0.3 is 14.8 Å². The summed E-state index contributed by atoms with van der Waals surface area (Å²) in [7, 11) is 0. The number of nitrogens with one attached hydrogen (secondary N) is 1. The lowest BCUT2D eigenvalue weighted by molar-refractivity contribution is 0.101. The van der Waals surface area contributed by atoms with Gasteiger partial charge in [0.15, 0.2) is 0 Å². The average molecular weight is 353 g/mol. The van der Waals surface area contributed by atoms with Crippen LogP contribution in [0.25, 0.3) is 5.78 Å². The second-order valence-electron chi connectivity index (χ2n) is 6.21. The van der Waals surface area contributed by atoms with E-state index in [0.717, 1.165) is 23.4 Å². The van der Waals surface area contributed by atoms with Crippen molar-refractivity contribution in [2.24, 2.45) is 0 Å². The van der Waals surface area contributed by atoms with Gasteiger partial charge in [-0.05, 0) is 32.9 Å². The van der Waals surface area contributed by atoms with E-state index in [0.29, 0.717) is 23.8 Å². The van der Waals surface area contributed by atoms with Crippen LogP contribution < -0.4 is 14.8 Å². The van der Waals surface area contributed by atoms with Crippen molar-refractivity contribution < 1.29 is 14.3 Å². The van der Waals surface area contributed by atoms with Crippen LogP contribution in [0.15, 0.2) is 24.4 Å². The Hall–Kier alpha value is -3.16. The predicted octanol–water partition coefficient (Wildman–Crippen LogP) is 2.41. The van der Waals surface area contributed by atoms with Crippen LogP contribution in [-0.4, -0.2) is 38.2 Å². The van der Waals surface area contributed by atoms with E-state index in [1.165, 1.54) is 4.52 Å². The topological polar surface area (TPSA) is 90.6 Å². The minimum atomic E-state index is -0.429. The standard InChI is InChI=1S/C18H19N5O3/c1-4-25-15-8-12-7-11(3)26-14(12)9-13(15)20-17(24)16-21-18-19-6-5-10(2)23(18)22-16/h5-6,8-9,11H,4,7H2,1-3H3,(H,20,24)/t11-/m1/s1. The number of aromatic nitrogens is 4. The highest BCUT2D eigenvalue weighted by Crippen LogP contribution is 2.38. The number of carbonyl (C=O) groups is 1. The molecule has 0 fully saturated rings. The third-order valence-corrected chi connectivity index (χ3v) is 4.18. The lowest BCUT2D eigenvalue weighted by Gasteiger charge is -2.12. The third-order valence-electron chi connectivity index (χ3n) is 4.18. The number of rotatable bonds is 4. The summed E-state index contributed by atoms with van der Waals surface area (Å²) in [5.41, 5.74) is 2.45. The van der Waals surface area contributed by atoms with Crippen LogP contribution in [0, 0.1) is 6.92 Å². The first-order valence-corrected chi connectivity index (χ1v) is 8.51. The molecule has 1 atom stereocenters. The summed E-state index contributed by atoms with van der Waals surface area (Å²) in [4.78, 5) is 20.9. The number of aryl methyl sites for hydroxylation is 1. The maximum atomic E-state index is 12.6. The molecule has 2 aromatic heterocycles. The molecule has 1 N–H and O–H groups in total. The molecule has 3 aromatic rings. The fourth-order valence-corrected chi connectivity index (χ4v) is 2.99. The molecule has 0 bridgehead atoms. The van der Waals surface area contributed by atoms with Crippen LogP contribution in [0.4, 0.5) is 5.69 Å². The monoisotopic (exact) mass is 353 g/mol. The number of anilines is 1. The Morgan fingerprint density at radius 3 is 3.08 bits per heavy atom. The maximum Gasteiger partial charge on any atom is 0.295 e. The number of nitrogens with zero attached hydrogens (tertiary/aromatic N) is 4. The first kappa shape index (κ1) is 16.3. The summed E-state index contributed by atoms with van der Waals surface area (Å²) in [6, 6.07) is 5.51. The molecule has 1 aliphatic rings. The molecule has 134 valence electrons. The normalized spacial score (nSPS) is 15.6. The summed E-state index contributed by atoms with van der Waals surface area (Å²) >= 11 is 0. The highest BCUT2D eigenvalue weighted by atomic mass is 16.5. The van der Waals surface area contributed by atoms with Gasteiger partial charge in [-0.1, -0.05) is 0 Å². The largest absolute Gasteiger partial charge is 0.492 e. The smallest absolute Gasteiger partial charge is 0.295 e. The summed E-state index contributed by atoms with van der Waals surface area (Å²) in [5.74, 6) is 1.37. The van der Waals surface area contributed by atoms with Crippen molar-refractivity contribution in [1.29, 1.82) is 0 Å². The number of ether oxygens (including phenoxy) is 2. The van der Waals surface area contributed by atoms with Crippen LogP contribution in [0.1, 0.15) is 35.7 Å². The molecule has 8 heteroatoms. The molecule has 4 rings (SSSR count).